The second-order valence-electron chi connectivity index (χ2n) is 9.78. The molecular formula is C26H30F4N4O2. The van der Waals surface area contributed by atoms with Crippen LogP contribution < -0.4 is 20.9 Å². The topological polar surface area (TPSA) is 65.6 Å². The molecule has 0 spiro atoms. The minimum atomic E-state index is -2.96. The van der Waals surface area contributed by atoms with Gasteiger partial charge in [-0.2, -0.15) is 0 Å². The van der Waals surface area contributed by atoms with Crippen LogP contribution in [0.25, 0.3) is 0 Å². The predicted octanol–water partition coefficient (Wildman–Crippen LogP) is 4.25. The number of nitrogens with zero attached hydrogens (tertiary/aromatic N) is 1. The first-order valence-corrected chi connectivity index (χ1v) is 12.3. The zero-order valence-corrected chi connectivity index (χ0v) is 20.0. The maximum Gasteiger partial charge on any atom is 0.266 e. The lowest BCUT2D eigenvalue weighted by molar-refractivity contribution is 0.0937. The summed E-state index contributed by atoms with van der Waals surface area (Å²) in [7, 11) is 0. The first kappa shape index (κ1) is 24.8. The van der Waals surface area contributed by atoms with Gasteiger partial charge in [0.1, 0.15) is 11.6 Å². The number of ether oxygens (including phenoxy) is 1. The molecule has 5 rings (SSSR count). The summed E-state index contributed by atoms with van der Waals surface area (Å²) in [5.41, 5.74) is 0.150. The number of nitrogens with one attached hydrogen (secondary N) is 3. The number of morpholine rings is 1. The van der Waals surface area contributed by atoms with Crippen molar-refractivity contribution in [1.82, 2.24) is 10.6 Å². The highest BCUT2D eigenvalue weighted by Crippen LogP contribution is 2.40. The summed E-state index contributed by atoms with van der Waals surface area (Å²) in [6.07, 6.45) is -1.88. The summed E-state index contributed by atoms with van der Waals surface area (Å²) in [5, 5.41) is 9.48. The monoisotopic (exact) mass is 506 g/mol. The van der Waals surface area contributed by atoms with E-state index in [2.05, 4.69) is 16.0 Å². The minimum Gasteiger partial charge on any atom is -0.381 e. The van der Waals surface area contributed by atoms with Crippen LogP contribution >= 0.6 is 0 Å². The predicted molar refractivity (Wildman–Crippen MR) is 129 cm³/mol. The molecule has 2 aromatic rings. The van der Waals surface area contributed by atoms with Crippen LogP contribution in [0.2, 0.25) is 0 Å². The standard InChI is InChI=1S/C26H30F4N4O2/c1-14(17-3-2-4-18(23(17)28)25(29)30)32-26(35)19-10-22(34-5-7-36-8-6-34)20(27)11-21(19)33-24-15-9-16(24)13-31-12-15/h2-4,10-11,14-16,24-25,31,33H,5-9,12-13H2,1H3,(H,32,35)/t14-,15?,16?,24?/m1/s1. The molecule has 10 heteroatoms. The van der Waals surface area contributed by atoms with Crippen LogP contribution in [0.1, 0.15) is 47.3 Å². The van der Waals surface area contributed by atoms with Gasteiger partial charge in [-0.15, -0.1) is 0 Å². The highest BCUT2D eigenvalue weighted by molar-refractivity contribution is 6.01. The SMILES string of the molecule is C[C@@H](NC(=O)c1cc(N2CCOCC2)c(F)cc1NC1C2CNCC1C2)c1cccc(C(F)F)c1F. The van der Waals surface area contributed by atoms with E-state index in [-0.39, 0.29) is 17.2 Å². The van der Waals surface area contributed by atoms with Gasteiger partial charge >= 0.3 is 0 Å². The number of benzene rings is 2. The summed E-state index contributed by atoms with van der Waals surface area (Å²) in [5.74, 6) is -1.23. The Morgan fingerprint density at radius 3 is 2.47 bits per heavy atom. The van der Waals surface area contributed by atoms with Crippen LogP contribution in [0, 0.1) is 23.5 Å². The van der Waals surface area contributed by atoms with Crippen molar-refractivity contribution in [2.45, 2.75) is 31.9 Å². The number of anilines is 2. The van der Waals surface area contributed by atoms with Crippen molar-refractivity contribution < 1.29 is 27.1 Å². The summed E-state index contributed by atoms with van der Waals surface area (Å²) in [4.78, 5) is 15.3. The van der Waals surface area contributed by atoms with Crippen LogP contribution in [0.5, 0.6) is 0 Å². The number of hydrogen-bond donors (Lipinski definition) is 3. The number of amides is 1. The summed E-state index contributed by atoms with van der Waals surface area (Å²) >= 11 is 0. The Kier molecular flexibility index (Phi) is 7.07. The van der Waals surface area contributed by atoms with Gasteiger partial charge in [-0.25, -0.2) is 17.6 Å². The molecule has 1 saturated carbocycles. The van der Waals surface area contributed by atoms with Gasteiger partial charge in [0.15, 0.2) is 0 Å². The fourth-order valence-corrected chi connectivity index (χ4v) is 5.50. The normalized spacial score (nSPS) is 24.3. The van der Waals surface area contributed by atoms with E-state index in [1.54, 1.807) is 0 Å². The van der Waals surface area contributed by atoms with Crippen molar-refractivity contribution >= 4 is 17.3 Å². The van der Waals surface area contributed by atoms with Gasteiger partial charge in [0.25, 0.3) is 12.3 Å². The molecule has 0 aromatic heterocycles. The van der Waals surface area contributed by atoms with Crippen LogP contribution in [0.3, 0.4) is 0 Å². The molecule has 6 nitrogen and oxygen atoms in total. The molecule has 2 saturated heterocycles. The van der Waals surface area contributed by atoms with Gasteiger partial charge in [-0.1, -0.05) is 18.2 Å². The molecule has 36 heavy (non-hydrogen) atoms. The number of piperidine rings is 2. The molecule has 3 fully saturated rings. The number of alkyl halides is 2. The highest BCUT2D eigenvalue weighted by atomic mass is 19.3. The summed E-state index contributed by atoms with van der Waals surface area (Å²) in [6.45, 7) is 5.15. The van der Waals surface area contributed by atoms with E-state index in [9.17, 15) is 18.0 Å². The van der Waals surface area contributed by atoms with E-state index in [1.807, 2.05) is 4.90 Å². The first-order valence-electron chi connectivity index (χ1n) is 12.3. The number of carbonyl (C=O) groups is 1. The molecule has 2 aliphatic heterocycles. The van der Waals surface area contributed by atoms with Crippen LogP contribution in [0.4, 0.5) is 28.9 Å². The third-order valence-corrected chi connectivity index (χ3v) is 7.55. The molecule has 2 aromatic carbocycles. The number of carbonyl (C=O) groups excluding carboxylic acids is 1. The van der Waals surface area contributed by atoms with Gasteiger partial charge in [-0.05, 0) is 50.4 Å². The minimum absolute atomic E-state index is 0.0363. The zero-order valence-electron chi connectivity index (χ0n) is 20.0. The van der Waals surface area contributed by atoms with Gasteiger partial charge < -0.3 is 25.6 Å². The molecule has 1 amide bonds. The average molecular weight is 507 g/mol. The van der Waals surface area contributed by atoms with E-state index in [0.29, 0.717) is 49.5 Å². The van der Waals surface area contributed by atoms with Crippen molar-refractivity contribution in [3.8, 4) is 0 Å². The number of rotatable bonds is 7. The lowest BCUT2D eigenvalue weighted by Gasteiger charge is -2.50. The molecule has 194 valence electrons. The lowest BCUT2D eigenvalue weighted by atomic mass is 9.67. The fourth-order valence-electron chi connectivity index (χ4n) is 5.50. The highest BCUT2D eigenvalue weighted by Gasteiger charge is 2.44. The first-order chi connectivity index (χ1) is 17.3. The van der Waals surface area contributed by atoms with Gasteiger partial charge in [0.05, 0.1) is 41.8 Å². The molecular weight excluding hydrogens is 476 g/mol. The Hall–Kier alpha value is -2.85. The van der Waals surface area contributed by atoms with Gasteiger partial charge in [0, 0.05) is 24.7 Å². The van der Waals surface area contributed by atoms with E-state index in [0.717, 1.165) is 25.6 Å². The Morgan fingerprint density at radius 2 is 1.81 bits per heavy atom. The van der Waals surface area contributed by atoms with Crippen molar-refractivity contribution in [1.29, 1.82) is 0 Å². The third-order valence-electron chi connectivity index (χ3n) is 7.55. The Bertz CT molecular complexity index is 1110. The summed E-state index contributed by atoms with van der Waals surface area (Å²) in [6, 6.07) is 5.86. The summed E-state index contributed by atoms with van der Waals surface area (Å²) < 4.78 is 61.7. The molecule has 2 heterocycles. The molecule has 3 atom stereocenters. The van der Waals surface area contributed by atoms with Gasteiger partial charge in [0.2, 0.25) is 0 Å². The second-order valence-corrected chi connectivity index (χ2v) is 9.78. The van der Waals surface area contributed by atoms with Crippen LogP contribution in [0.15, 0.2) is 30.3 Å². The largest absolute Gasteiger partial charge is 0.381 e. The van der Waals surface area contributed by atoms with Crippen molar-refractivity contribution in [2.75, 3.05) is 49.6 Å². The molecule has 3 aliphatic rings. The van der Waals surface area contributed by atoms with Gasteiger partial charge in [-0.3, -0.25) is 4.79 Å². The fraction of sp³-hybridized carbons (Fsp3) is 0.500. The van der Waals surface area contributed by atoms with Crippen LogP contribution in [-0.2, 0) is 4.74 Å². The molecule has 2 unspecified atom stereocenters. The van der Waals surface area contributed by atoms with E-state index in [4.69, 9.17) is 4.74 Å². The Labute approximate surface area is 207 Å². The number of hydrogen-bond acceptors (Lipinski definition) is 5. The maximum atomic E-state index is 15.3. The second kappa shape index (κ2) is 10.3. The quantitative estimate of drug-likeness (QED) is 0.490. The van der Waals surface area contributed by atoms with Crippen molar-refractivity contribution in [3.63, 3.8) is 0 Å². The average Bonchev–Trinajstić information content (AvgIpc) is 2.88. The number of fused-ring (bicyclic) bond motifs is 2. The van der Waals surface area contributed by atoms with Crippen molar-refractivity contribution in [3.05, 3.63) is 58.7 Å². The Morgan fingerprint density at radius 1 is 1.11 bits per heavy atom. The maximum absolute atomic E-state index is 15.3. The van der Waals surface area contributed by atoms with E-state index in [1.165, 1.54) is 31.2 Å². The van der Waals surface area contributed by atoms with E-state index >= 15 is 4.39 Å². The molecule has 2 bridgehead atoms. The molecule has 0 radical (unpaired) electrons. The molecule has 1 aliphatic carbocycles. The van der Waals surface area contributed by atoms with Crippen molar-refractivity contribution in [2.24, 2.45) is 11.8 Å². The van der Waals surface area contributed by atoms with Crippen LogP contribution in [-0.4, -0.2) is 51.3 Å². The number of halogens is 4. The van der Waals surface area contributed by atoms with E-state index < -0.39 is 35.6 Å². The zero-order chi connectivity index (χ0) is 25.4. The Balaban J connectivity index is 1.44. The smallest absolute Gasteiger partial charge is 0.266 e. The lowest BCUT2D eigenvalue weighted by Crippen LogP contribution is -2.60. The molecule has 3 N–H and O–H groups in total. The third kappa shape index (κ3) is 4.76.